The standard InChI is InChI=1S/C43H25N3O/c1-2-8-30(9-3-1)41-44-42(31-19-13-27(14-20-31)33-21-15-26-7-4-5-10-32(26)23-33)46-43(45-41)35-24-34-22-18-29-17-16-28-11-6-12-36-38(28)40(29)39(34)37(25-35)47-36/h1-25H. The van der Waals surface area contributed by atoms with Gasteiger partial charge in [-0.05, 0) is 62.3 Å². The van der Waals surface area contributed by atoms with Crippen LogP contribution in [0.4, 0.5) is 0 Å². The molecule has 218 valence electrons. The molecule has 0 bridgehead atoms. The average molecular weight is 600 g/mol. The van der Waals surface area contributed by atoms with Crippen LogP contribution in [0.2, 0.25) is 0 Å². The summed E-state index contributed by atoms with van der Waals surface area (Å²) in [7, 11) is 0. The number of benzene rings is 8. The molecule has 4 heteroatoms. The molecule has 4 nitrogen and oxygen atoms in total. The first-order chi connectivity index (χ1) is 23.2. The number of fused-ring (bicyclic) bond motifs is 1. The van der Waals surface area contributed by atoms with Crippen LogP contribution in [0.3, 0.4) is 0 Å². The van der Waals surface area contributed by atoms with Crippen molar-refractivity contribution in [1.29, 1.82) is 0 Å². The van der Waals surface area contributed by atoms with Crippen LogP contribution in [-0.4, -0.2) is 15.0 Å². The number of rotatable bonds is 4. The fraction of sp³-hybridized carbons (Fsp3) is 0. The molecule has 8 aromatic carbocycles. The van der Waals surface area contributed by atoms with Crippen LogP contribution in [0, 0.1) is 0 Å². The summed E-state index contributed by atoms with van der Waals surface area (Å²) in [4.78, 5) is 15.0. The minimum absolute atomic E-state index is 0.603. The lowest BCUT2D eigenvalue weighted by molar-refractivity contribution is 0.493. The Morgan fingerprint density at radius 1 is 0.298 bits per heavy atom. The summed E-state index contributed by atoms with van der Waals surface area (Å²) in [6, 6.07) is 52.8. The summed E-state index contributed by atoms with van der Waals surface area (Å²) in [5.41, 5.74) is 5.06. The zero-order valence-electron chi connectivity index (χ0n) is 25.2. The smallest absolute Gasteiger partial charge is 0.164 e. The lowest BCUT2D eigenvalue weighted by atomic mass is 9.92. The fourth-order valence-electron chi connectivity index (χ4n) is 6.93. The van der Waals surface area contributed by atoms with Crippen LogP contribution in [0.15, 0.2) is 152 Å². The zero-order chi connectivity index (χ0) is 30.9. The average Bonchev–Trinajstić information content (AvgIpc) is 3.14. The first-order valence-corrected chi connectivity index (χ1v) is 15.8. The molecular weight excluding hydrogens is 574 g/mol. The van der Waals surface area contributed by atoms with Gasteiger partial charge in [-0.1, -0.05) is 127 Å². The van der Waals surface area contributed by atoms with Gasteiger partial charge >= 0.3 is 0 Å². The van der Waals surface area contributed by atoms with E-state index in [1.54, 1.807) is 0 Å². The molecule has 1 aliphatic rings. The van der Waals surface area contributed by atoms with E-state index < -0.39 is 0 Å². The highest BCUT2D eigenvalue weighted by molar-refractivity contribution is 6.25. The minimum Gasteiger partial charge on any atom is -0.456 e. The Bertz CT molecular complexity index is 2700. The largest absolute Gasteiger partial charge is 0.456 e. The number of hydrogen-bond acceptors (Lipinski definition) is 4. The maximum absolute atomic E-state index is 6.59. The first kappa shape index (κ1) is 25.9. The van der Waals surface area contributed by atoms with E-state index >= 15 is 0 Å². The molecule has 0 unspecified atom stereocenters. The third kappa shape index (κ3) is 4.19. The maximum Gasteiger partial charge on any atom is 0.164 e. The first-order valence-electron chi connectivity index (χ1n) is 15.8. The molecule has 0 aliphatic carbocycles. The monoisotopic (exact) mass is 599 g/mol. The summed E-state index contributed by atoms with van der Waals surface area (Å²) in [6.45, 7) is 0. The molecule has 0 amide bonds. The third-order valence-electron chi connectivity index (χ3n) is 9.24. The Hall–Kier alpha value is -6.39. The lowest BCUT2D eigenvalue weighted by Gasteiger charge is -2.21. The Labute approximate surface area is 270 Å². The molecule has 9 aromatic rings. The number of aromatic nitrogens is 3. The Morgan fingerprint density at radius 3 is 1.62 bits per heavy atom. The molecule has 0 spiro atoms. The molecule has 1 aromatic heterocycles. The molecular formula is C43H25N3O. The van der Waals surface area contributed by atoms with Crippen LogP contribution >= 0.6 is 0 Å². The lowest BCUT2D eigenvalue weighted by Crippen LogP contribution is -2.01. The van der Waals surface area contributed by atoms with Crippen molar-refractivity contribution < 1.29 is 4.74 Å². The minimum atomic E-state index is 0.603. The third-order valence-corrected chi connectivity index (χ3v) is 9.24. The van der Waals surface area contributed by atoms with Gasteiger partial charge in [-0.15, -0.1) is 0 Å². The zero-order valence-corrected chi connectivity index (χ0v) is 25.2. The molecule has 1 aliphatic heterocycles. The van der Waals surface area contributed by atoms with E-state index in [1.807, 2.05) is 42.5 Å². The van der Waals surface area contributed by atoms with Crippen molar-refractivity contribution in [1.82, 2.24) is 15.0 Å². The summed E-state index contributed by atoms with van der Waals surface area (Å²) in [6.07, 6.45) is 0. The van der Waals surface area contributed by atoms with Crippen molar-refractivity contribution in [2.75, 3.05) is 0 Å². The van der Waals surface area contributed by atoms with E-state index in [4.69, 9.17) is 19.7 Å². The number of nitrogens with zero attached hydrogens (tertiary/aromatic N) is 3. The number of ether oxygens (including phenoxy) is 1. The molecule has 47 heavy (non-hydrogen) atoms. The normalized spacial score (nSPS) is 12.0. The van der Waals surface area contributed by atoms with Gasteiger partial charge in [-0.25, -0.2) is 15.0 Å². The molecule has 0 saturated heterocycles. The quantitative estimate of drug-likeness (QED) is 0.189. The second kappa shape index (κ2) is 10.1. The molecule has 2 heterocycles. The highest BCUT2D eigenvalue weighted by Crippen LogP contribution is 2.48. The second-order valence-corrected chi connectivity index (χ2v) is 12.1. The highest BCUT2D eigenvalue weighted by atomic mass is 16.5. The second-order valence-electron chi connectivity index (χ2n) is 12.1. The van der Waals surface area contributed by atoms with Crippen molar-refractivity contribution in [3.8, 4) is 56.8 Å². The van der Waals surface area contributed by atoms with Gasteiger partial charge in [0.25, 0.3) is 0 Å². The van der Waals surface area contributed by atoms with Gasteiger partial charge in [-0.3, -0.25) is 0 Å². The summed E-state index contributed by atoms with van der Waals surface area (Å²) in [5, 5.41) is 9.45. The van der Waals surface area contributed by atoms with E-state index in [9.17, 15) is 0 Å². The van der Waals surface area contributed by atoms with E-state index in [-0.39, 0.29) is 0 Å². The summed E-state index contributed by atoms with van der Waals surface area (Å²) >= 11 is 0. The van der Waals surface area contributed by atoms with E-state index in [2.05, 4.69) is 109 Å². The number of hydrogen-bond donors (Lipinski definition) is 0. The summed E-state index contributed by atoms with van der Waals surface area (Å²) in [5.74, 6) is 3.55. The van der Waals surface area contributed by atoms with Crippen LogP contribution in [-0.2, 0) is 0 Å². The Kier molecular flexibility index (Phi) is 5.54. The van der Waals surface area contributed by atoms with Gasteiger partial charge in [0.05, 0.1) is 0 Å². The van der Waals surface area contributed by atoms with Gasteiger partial charge in [0.15, 0.2) is 17.5 Å². The SMILES string of the molecule is c1ccc(-c2nc(-c3ccc(-c4ccc5ccccc5c4)cc3)nc(-c3cc4c5c(ccc6ccc7cccc(c7c65)O4)c3)n2)cc1. The Morgan fingerprint density at radius 2 is 0.830 bits per heavy atom. The highest BCUT2D eigenvalue weighted by Gasteiger charge is 2.21. The van der Waals surface area contributed by atoms with Crippen LogP contribution in [0.25, 0.3) is 88.4 Å². The van der Waals surface area contributed by atoms with E-state index in [0.717, 1.165) is 49.9 Å². The molecule has 0 N–H and O–H groups in total. The van der Waals surface area contributed by atoms with Crippen LogP contribution in [0.1, 0.15) is 0 Å². The molecule has 0 atom stereocenters. The maximum atomic E-state index is 6.59. The molecule has 10 rings (SSSR count). The van der Waals surface area contributed by atoms with Gasteiger partial charge in [0.2, 0.25) is 0 Å². The van der Waals surface area contributed by atoms with E-state index in [1.165, 1.54) is 32.5 Å². The van der Waals surface area contributed by atoms with Crippen LogP contribution in [0.5, 0.6) is 11.5 Å². The van der Waals surface area contributed by atoms with Gasteiger partial charge in [-0.2, -0.15) is 0 Å². The molecule has 0 fully saturated rings. The van der Waals surface area contributed by atoms with Gasteiger partial charge < -0.3 is 4.74 Å². The van der Waals surface area contributed by atoms with Crippen molar-refractivity contribution in [3.63, 3.8) is 0 Å². The predicted molar refractivity (Wildman–Crippen MR) is 192 cm³/mol. The van der Waals surface area contributed by atoms with E-state index in [0.29, 0.717) is 17.5 Å². The summed E-state index contributed by atoms with van der Waals surface area (Å²) < 4.78 is 6.59. The topological polar surface area (TPSA) is 47.9 Å². The molecule has 0 radical (unpaired) electrons. The van der Waals surface area contributed by atoms with Crippen molar-refractivity contribution in [3.05, 3.63) is 152 Å². The fourth-order valence-corrected chi connectivity index (χ4v) is 6.93. The van der Waals surface area contributed by atoms with Gasteiger partial charge in [0, 0.05) is 32.8 Å². The van der Waals surface area contributed by atoms with Crippen LogP contribution < -0.4 is 4.74 Å². The van der Waals surface area contributed by atoms with Crippen molar-refractivity contribution >= 4 is 43.1 Å². The van der Waals surface area contributed by atoms with Crippen molar-refractivity contribution in [2.45, 2.75) is 0 Å². The Balaban J connectivity index is 1.12. The predicted octanol–water partition coefficient (Wildman–Crippen LogP) is 11.3. The van der Waals surface area contributed by atoms with Crippen molar-refractivity contribution in [2.24, 2.45) is 0 Å². The molecule has 0 saturated carbocycles. The van der Waals surface area contributed by atoms with Gasteiger partial charge in [0.1, 0.15) is 11.5 Å².